The number of nitrogens with zero attached hydrogens (tertiary/aromatic N) is 3. The van der Waals surface area contributed by atoms with Gasteiger partial charge in [0.1, 0.15) is 5.82 Å². The zero-order chi connectivity index (χ0) is 13.2. The minimum absolute atomic E-state index is 0.0436. The van der Waals surface area contributed by atoms with E-state index in [1.54, 1.807) is 0 Å². The van der Waals surface area contributed by atoms with E-state index in [1.807, 2.05) is 0 Å². The summed E-state index contributed by atoms with van der Waals surface area (Å²) < 4.78 is 4.47. The van der Waals surface area contributed by atoms with Gasteiger partial charge in [-0.05, 0) is 31.8 Å². The van der Waals surface area contributed by atoms with Gasteiger partial charge in [0.25, 0.3) is 0 Å². The van der Waals surface area contributed by atoms with E-state index in [4.69, 9.17) is 0 Å². The average Bonchev–Trinajstić information content (AvgIpc) is 2.79. The fourth-order valence-electron chi connectivity index (χ4n) is 2.22. The van der Waals surface area contributed by atoms with Crippen molar-refractivity contribution in [2.75, 3.05) is 31.6 Å². The Hall–Kier alpha value is -0.680. The van der Waals surface area contributed by atoms with Crippen LogP contribution in [-0.2, 0) is 5.41 Å². The second-order valence-corrected chi connectivity index (χ2v) is 6.97. The van der Waals surface area contributed by atoms with Gasteiger partial charge in [-0.1, -0.05) is 20.8 Å². The van der Waals surface area contributed by atoms with Gasteiger partial charge in [0.15, 0.2) is 0 Å². The largest absolute Gasteiger partial charge is 0.350 e. The molecule has 2 heterocycles. The van der Waals surface area contributed by atoms with Gasteiger partial charge in [-0.2, -0.15) is 4.37 Å². The third-order valence-electron chi connectivity index (χ3n) is 3.34. The fourth-order valence-corrected chi connectivity index (χ4v) is 3.04. The highest BCUT2D eigenvalue weighted by molar-refractivity contribution is 7.09. The molecule has 18 heavy (non-hydrogen) atoms. The summed E-state index contributed by atoms with van der Waals surface area (Å²) in [6.45, 7) is 9.85. The van der Waals surface area contributed by atoms with Gasteiger partial charge in [0, 0.05) is 30.5 Å². The summed E-state index contributed by atoms with van der Waals surface area (Å²) >= 11 is 1.52. The van der Waals surface area contributed by atoms with Gasteiger partial charge in [-0.3, -0.25) is 0 Å². The number of rotatable bonds is 3. The number of hydrogen-bond acceptors (Lipinski definition) is 5. The van der Waals surface area contributed by atoms with Gasteiger partial charge >= 0.3 is 0 Å². The molecule has 1 N–H and O–H groups in total. The highest BCUT2D eigenvalue weighted by Crippen LogP contribution is 2.25. The van der Waals surface area contributed by atoms with E-state index < -0.39 is 0 Å². The Balaban J connectivity index is 1.96. The maximum absolute atomic E-state index is 4.66. The lowest BCUT2D eigenvalue weighted by atomic mass is 9.96. The number of aromatic nitrogens is 2. The number of piperidine rings is 1. The summed E-state index contributed by atoms with van der Waals surface area (Å²) in [5.74, 6) is 1.70. The third-order valence-corrected chi connectivity index (χ3v) is 4.17. The Morgan fingerprint density at radius 2 is 2.22 bits per heavy atom. The monoisotopic (exact) mass is 268 g/mol. The molecule has 0 spiro atoms. The van der Waals surface area contributed by atoms with Gasteiger partial charge in [0.2, 0.25) is 5.13 Å². The molecule has 0 saturated carbocycles. The SMILES string of the molecule is CN(CC1CCCNC1)c1nc(C(C)(C)C)ns1. The van der Waals surface area contributed by atoms with E-state index in [1.165, 1.54) is 30.9 Å². The molecule has 0 aromatic carbocycles. The summed E-state index contributed by atoms with van der Waals surface area (Å²) in [7, 11) is 2.13. The fraction of sp³-hybridized carbons (Fsp3) is 0.846. The zero-order valence-corrected chi connectivity index (χ0v) is 12.7. The molecule has 1 unspecified atom stereocenters. The van der Waals surface area contributed by atoms with Crippen LogP contribution in [0.3, 0.4) is 0 Å². The predicted molar refractivity (Wildman–Crippen MR) is 77.5 cm³/mol. The van der Waals surface area contributed by atoms with Crippen LogP contribution < -0.4 is 10.2 Å². The lowest BCUT2D eigenvalue weighted by molar-refractivity contribution is 0.381. The van der Waals surface area contributed by atoms with Crippen LogP contribution in [0.25, 0.3) is 0 Å². The Labute approximate surface area is 114 Å². The van der Waals surface area contributed by atoms with E-state index >= 15 is 0 Å². The molecule has 102 valence electrons. The summed E-state index contributed by atoms with van der Waals surface area (Å²) in [5.41, 5.74) is 0.0436. The van der Waals surface area contributed by atoms with Gasteiger partial charge in [0.05, 0.1) is 0 Å². The lowest BCUT2D eigenvalue weighted by Crippen LogP contribution is -2.36. The topological polar surface area (TPSA) is 41.0 Å². The molecule has 0 radical (unpaired) electrons. The molecule has 5 heteroatoms. The maximum atomic E-state index is 4.66. The minimum Gasteiger partial charge on any atom is -0.350 e. The normalized spacial score (nSPS) is 21.0. The third kappa shape index (κ3) is 3.42. The molecule has 1 fully saturated rings. The Kier molecular flexibility index (Phi) is 4.22. The molecule has 0 aliphatic carbocycles. The highest BCUT2D eigenvalue weighted by Gasteiger charge is 2.22. The van der Waals surface area contributed by atoms with Crippen molar-refractivity contribution in [1.82, 2.24) is 14.7 Å². The first-order chi connectivity index (χ1) is 8.47. The first kappa shape index (κ1) is 13.7. The average molecular weight is 268 g/mol. The molecule has 2 rings (SSSR count). The van der Waals surface area contributed by atoms with Gasteiger partial charge in [-0.15, -0.1) is 0 Å². The molecule has 1 aliphatic heterocycles. The predicted octanol–water partition coefficient (Wildman–Crippen LogP) is 2.27. The van der Waals surface area contributed by atoms with Crippen LogP contribution in [0.1, 0.15) is 39.4 Å². The summed E-state index contributed by atoms with van der Waals surface area (Å²) in [5, 5.41) is 4.51. The van der Waals surface area contributed by atoms with E-state index in [2.05, 4.69) is 47.4 Å². The summed E-state index contributed by atoms with van der Waals surface area (Å²) in [4.78, 5) is 6.91. The van der Waals surface area contributed by atoms with Gasteiger partial charge < -0.3 is 10.2 Å². The minimum atomic E-state index is 0.0436. The van der Waals surface area contributed by atoms with E-state index in [0.717, 1.165) is 30.0 Å². The molecule has 4 nitrogen and oxygen atoms in total. The Bertz CT molecular complexity index is 377. The number of hydrogen-bond donors (Lipinski definition) is 1. The first-order valence-corrected chi connectivity index (χ1v) is 7.50. The molecule has 1 atom stereocenters. The van der Waals surface area contributed by atoms with Crippen molar-refractivity contribution in [3.05, 3.63) is 5.82 Å². The molecule has 1 aromatic rings. The quantitative estimate of drug-likeness (QED) is 0.913. The second-order valence-electron chi connectivity index (χ2n) is 6.24. The van der Waals surface area contributed by atoms with Crippen molar-refractivity contribution in [3.8, 4) is 0 Å². The van der Waals surface area contributed by atoms with Crippen molar-refractivity contribution in [1.29, 1.82) is 0 Å². The smallest absolute Gasteiger partial charge is 0.204 e. The molecular formula is C13H24N4S. The summed E-state index contributed by atoms with van der Waals surface area (Å²) in [6.07, 6.45) is 2.62. The van der Waals surface area contributed by atoms with E-state index in [-0.39, 0.29) is 5.41 Å². The van der Waals surface area contributed by atoms with Gasteiger partial charge in [-0.25, -0.2) is 4.98 Å². The van der Waals surface area contributed by atoms with E-state index in [0.29, 0.717) is 0 Å². The lowest BCUT2D eigenvalue weighted by Gasteiger charge is -2.27. The van der Waals surface area contributed by atoms with Crippen LogP contribution in [0.5, 0.6) is 0 Å². The number of nitrogens with one attached hydrogen (secondary N) is 1. The van der Waals surface area contributed by atoms with E-state index in [9.17, 15) is 0 Å². The van der Waals surface area contributed by atoms with Crippen LogP contribution in [-0.4, -0.2) is 36.0 Å². The van der Waals surface area contributed by atoms with Crippen LogP contribution in [0.15, 0.2) is 0 Å². The Morgan fingerprint density at radius 1 is 1.44 bits per heavy atom. The van der Waals surface area contributed by atoms with Crippen molar-refractivity contribution in [2.45, 2.75) is 39.0 Å². The van der Waals surface area contributed by atoms with Crippen molar-refractivity contribution in [3.63, 3.8) is 0 Å². The van der Waals surface area contributed by atoms with Crippen LogP contribution in [0.2, 0.25) is 0 Å². The van der Waals surface area contributed by atoms with Crippen LogP contribution >= 0.6 is 11.5 Å². The van der Waals surface area contributed by atoms with Crippen molar-refractivity contribution in [2.24, 2.45) is 5.92 Å². The Morgan fingerprint density at radius 3 is 2.78 bits per heavy atom. The van der Waals surface area contributed by atoms with Crippen molar-refractivity contribution < 1.29 is 0 Å². The van der Waals surface area contributed by atoms with Crippen molar-refractivity contribution >= 4 is 16.7 Å². The molecule has 1 aliphatic rings. The molecule has 0 bridgehead atoms. The molecule has 0 amide bonds. The molecule has 1 aromatic heterocycles. The maximum Gasteiger partial charge on any atom is 0.204 e. The number of anilines is 1. The summed E-state index contributed by atoms with van der Waals surface area (Å²) in [6, 6.07) is 0. The molecule has 1 saturated heterocycles. The van der Waals surface area contributed by atoms with Crippen LogP contribution in [0, 0.1) is 5.92 Å². The molecular weight excluding hydrogens is 244 g/mol. The highest BCUT2D eigenvalue weighted by atomic mass is 32.1. The second kappa shape index (κ2) is 5.53. The zero-order valence-electron chi connectivity index (χ0n) is 11.9. The standard InChI is InChI=1S/C13H24N4S/c1-13(2,3)11-15-12(18-16-11)17(4)9-10-6-5-7-14-8-10/h10,14H,5-9H2,1-4H3. The van der Waals surface area contributed by atoms with Crippen LogP contribution in [0.4, 0.5) is 5.13 Å². The first-order valence-electron chi connectivity index (χ1n) is 6.73.